The maximum atomic E-state index is 6.43. The van der Waals surface area contributed by atoms with E-state index in [0.717, 1.165) is 38.1 Å². The zero-order chi connectivity index (χ0) is 25.7. The fourth-order valence-corrected chi connectivity index (χ4v) is 7.18. The van der Waals surface area contributed by atoms with Crippen molar-refractivity contribution >= 4 is 8.56 Å². The molecule has 0 unspecified atom stereocenters. The van der Waals surface area contributed by atoms with Gasteiger partial charge in [0, 0.05) is 26.1 Å². The lowest BCUT2D eigenvalue weighted by Crippen LogP contribution is -2.41. The topological polar surface area (TPSA) is 18.5 Å². The van der Waals surface area contributed by atoms with Gasteiger partial charge in [-0.05, 0) is 31.4 Å². The zero-order valence-electron chi connectivity index (χ0n) is 24.7. The summed E-state index contributed by atoms with van der Waals surface area (Å²) in [7, 11) is -1.96. The Kier molecular flexibility index (Phi) is 28.0. The summed E-state index contributed by atoms with van der Waals surface area (Å²) < 4.78 is 12.8. The highest BCUT2D eigenvalue weighted by atomic mass is 28.4. The smallest absolute Gasteiger partial charge is 0.337 e. The summed E-state index contributed by atoms with van der Waals surface area (Å²) in [5, 5.41) is 0. The fraction of sp³-hybridized carbons (Fsp3) is 0.938. The Hall–Kier alpha value is -0.303. The second-order valence-corrected chi connectivity index (χ2v) is 14.3. The second kappa shape index (κ2) is 28.3. The van der Waals surface area contributed by atoms with Gasteiger partial charge >= 0.3 is 8.56 Å². The van der Waals surface area contributed by atoms with Gasteiger partial charge in [0.2, 0.25) is 0 Å². The van der Waals surface area contributed by atoms with Crippen molar-refractivity contribution in [3.8, 4) is 11.8 Å². The molecule has 0 rings (SSSR count). The van der Waals surface area contributed by atoms with E-state index >= 15 is 0 Å². The molecule has 0 aromatic heterocycles. The van der Waals surface area contributed by atoms with Gasteiger partial charge in [0.25, 0.3) is 0 Å². The average molecular weight is 509 g/mol. The van der Waals surface area contributed by atoms with Crippen LogP contribution in [0.5, 0.6) is 0 Å². The molecular formula is C32H64O2Si. The third-order valence-electron chi connectivity index (χ3n) is 7.30. The van der Waals surface area contributed by atoms with Gasteiger partial charge in [-0.2, -0.15) is 0 Å². The molecule has 35 heavy (non-hydrogen) atoms. The van der Waals surface area contributed by atoms with E-state index in [-0.39, 0.29) is 0 Å². The summed E-state index contributed by atoms with van der Waals surface area (Å²) in [6.45, 7) is 10.8. The molecule has 0 heterocycles. The van der Waals surface area contributed by atoms with Crippen molar-refractivity contribution in [2.24, 2.45) is 0 Å². The Balaban J connectivity index is 3.58. The zero-order valence-corrected chi connectivity index (χ0v) is 25.7. The van der Waals surface area contributed by atoms with Crippen molar-refractivity contribution in [3.05, 3.63) is 0 Å². The highest BCUT2D eigenvalue weighted by Gasteiger charge is 2.33. The van der Waals surface area contributed by atoms with Crippen LogP contribution in [0.3, 0.4) is 0 Å². The highest BCUT2D eigenvalue weighted by Crippen LogP contribution is 2.21. The Morgan fingerprint density at radius 1 is 0.429 bits per heavy atom. The summed E-state index contributed by atoms with van der Waals surface area (Å²) in [6.07, 6.45) is 29.5. The molecule has 0 spiro atoms. The van der Waals surface area contributed by atoms with Crippen molar-refractivity contribution in [3.63, 3.8) is 0 Å². The third kappa shape index (κ3) is 23.8. The van der Waals surface area contributed by atoms with E-state index in [1.165, 1.54) is 128 Å². The molecule has 0 bridgehead atoms. The molecule has 0 aliphatic carbocycles. The first kappa shape index (κ1) is 34.7. The van der Waals surface area contributed by atoms with Gasteiger partial charge in [-0.25, -0.2) is 0 Å². The molecule has 0 aliphatic heterocycles. The van der Waals surface area contributed by atoms with E-state index in [1.807, 2.05) is 0 Å². The maximum absolute atomic E-state index is 6.43. The molecule has 0 aliphatic rings. The van der Waals surface area contributed by atoms with Crippen LogP contribution in [0.15, 0.2) is 0 Å². The lowest BCUT2D eigenvalue weighted by Gasteiger charge is -2.29. The van der Waals surface area contributed by atoms with Crippen LogP contribution in [0.1, 0.15) is 169 Å². The summed E-state index contributed by atoms with van der Waals surface area (Å²) in [5.74, 6) is 6.40. The van der Waals surface area contributed by atoms with Crippen molar-refractivity contribution in [2.75, 3.05) is 13.2 Å². The molecule has 0 saturated carbocycles. The first-order valence-electron chi connectivity index (χ1n) is 16.0. The largest absolute Gasteiger partial charge is 0.394 e. The molecule has 0 saturated heterocycles. The Bertz CT molecular complexity index is 464. The van der Waals surface area contributed by atoms with Crippen LogP contribution in [-0.4, -0.2) is 21.8 Å². The van der Waals surface area contributed by atoms with Gasteiger partial charge in [0.15, 0.2) is 0 Å². The summed E-state index contributed by atoms with van der Waals surface area (Å²) in [4.78, 5) is 0. The summed E-state index contributed by atoms with van der Waals surface area (Å²) in [5.41, 5.74) is 0. The number of rotatable bonds is 27. The van der Waals surface area contributed by atoms with Gasteiger partial charge < -0.3 is 8.85 Å². The minimum Gasteiger partial charge on any atom is -0.394 e. The normalized spacial score (nSPS) is 11.5. The summed E-state index contributed by atoms with van der Waals surface area (Å²) >= 11 is 0. The van der Waals surface area contributed by atoms with E-state index in [4.69, 9.17) is 8.85 Å². The van der Waals surface area contributed by atoms with Gasteiger partial charge in [-0.1, -0.05) is 137 Å². The summed E-state index contributed by atoms with van der Waals surface area (Å²) in [6, 6.07) is 2.17. The SMILES string of the molecule is CCC#CCCCCCCCCO[Si](CC)(CC)OCCCCCCCCCCCCCCCC. The molecule has 0 aromatic rings. The van der Waals surface area contributed by atoms with E-state index in [1.54, 1.807) is 0 Å². The van der Waals surface area contributed by atoms with Gasteiger partial charge in [0.1, 0.15) is 0 Å². The minimum atomic E-state index is -1.96. The lowest BCUT2D eigenvalue weighted by molar-refractivity contribution is 0.163. The highest BCUT2D eigenvalue weighted by molar-refractivity contribution is 6.67. The van der Waals surface area contributed by atoms with E-state index in [9.17, 15) is 0 Å². The first-order chi connectivity index (χ1) is 17.2. The van der Waals surface area contributed by atoms with E-state index in [0.29, 0.717) is 0 Å². The van der Waals surface area contributed by atoms with Crippen LogP contribution in [-0.2, 0) is 8.85 Å². The van der Waals surface area contributed by atoms with Crippen LogP contribution < -0.4 is 0 Å². The standard InChI is InChI=1S/C32H64O2Si/c1-5-9-11-13-15-17-19-20-21-22-24-26-28-30-32-34-35(7-3,8-4)33-31-29-27-25-23-18-16-14-12-10-6-2/h5-9,11,13-32H2,1-4H3. The first-order valence-corrected chi connectivity index (χ1v) is 18.2. The molecule has 0 aromatic carbocycles. The van der Waals surface area contributed by atoms with Gasteiger partial charge in [-0.15, -0.1) is 11.8 Å². The third-order valence-corrected chi connectivity index (χ3v) is 10.9. The minimum absolute atomic E-state index is 0.897. The van der Waals surface area contributed by atoms with Gasteiger partial charge in [-0.3, -0.25) is 0 Å². The van der Waals surface area contributed by atoms with Gasteiger partial charge in [0.05, 0.1) is 0 Å². The van der Waals surface area contributed by atoms with Crippen molar-refractivity contribution in [1.29, 1.82) is 0 Å². The van der Waals surface area contributed by atoms with Crippen LogP contribution >= 0.6 is 0 Å². The molecule has 0 fully saturated rings. The molecule has 0 radical (unpaired) electrons. The average Bonchev–Trinajstić information content (AvgIpc) is 2.88. The Morgan fingerprint density at radius 2 is 0.800 bits per heavy atom. The van der Waals surface area contributed by atoms with Crippen LogP contribution in [0, 0.1) is 11.8 Å². The molecule has 0 N–H and O–H groups in total. The predicted octanol–water partition coefficient (Wildman–Crippen LogP) is 11.1. The maximum Gasteiger partial charge on any atom is 0.337 e. The van der Waals surface area contributed by atoms with Crippen molar-refractivity contribution in [2.45, 2.75) is 181 Å². The number of unbranched alkanes of at least 4 members (excludes halogenated alkanes) is 19. The fourth-order valence-electron chi connectivity index (χ4n) is 4.75. The molecule has 0 amide bonds. The quantitative estimate of drug-likeness (QED) is 0.0624. The Labute approximate surface area is 223 Å². The monoisotopic (exact) mass is 508 g/mol. The number of hydrogen-bond donors (Lipinski definition) is 0. The van der Waals surface area contributed by atoms with Crippen LogP contribution in [0.4, 0.5) is 0 Å². The van der Waals surface area contributed by atoms with Crippen LogP contribution in [0.2, 0.25) is 12.1 Å². The van der Waals surface area contributed by atoms with Crippen molar-refractivity contribution < 1.29 is 8.85 Å². The lowest BCUT2D eigenvalue weighted by atomic mass is 10.0. The second-order valence-electron chi connectivity index (χ2n) is 10.5. The predicted molar refractivity (Wildman–Crippen MR) is 159 cm³/mol. The van der Waals surface area contributed by atoms with E-state index < -0.39 is 8.56 Å². The molecular weight excluding hydrogens is 444 g/mol. The Morgan fingerprint density at radius 3 is 1.17 bits per heavy atom. The van der Waals surface area contributed by atoms with E-state index in [2.05, 4.69) is 39.5 Å². The van der Waals surface area contributed by atoms with Crippen LogP contribution in [0.25, 0.3) is 0 Å². The number of hydrogen-bond acceptors (Lipinski definition) is 2. The molecule has 3 heteroatoms. The molecule has 208 valence electrons. The molecule has 2 nitrogen and oxygen atoms in total. The molecule has 0 atom stereocenters. The van der Waals surface area contributed by atoms with Crippen molar-refractivity contribution in [1.82, 2.24) is 0 Å².